The van der Waals surface area contributed by atoms with Crippen molar-refractivity contribution in [2.24, 2.45) is 10.9 Å². The lowest BCUT2D eigenvalue weighted by Gasteiger charge is -2.32. The molecule has 0 radical (unpaired) electrons. The van der Waals surface area contributed by atoms with Crippen molar-refractivity contribution in [3.8, 4) is 11.5 Å². The largest absolute Gasteiger partial charge is 0.497 e. The second-order valence-electron chi connectivity index (χ2n) is 8.58. The predicted octanol–water partition coefficient (Wildman–Crippen LogP) is 3.04. The molecule has 1 saturated heterocycles. The average Bonchev–Trinajstić information content (AvgIpc) is 3.32. The minimum atomic E-state index is 0.318. The molecule has 1 aromatic carbocycles. The molecule has 7 heteroatoms. The molecule has 2 N–H and O–H groups in total. The predicted molar refractivity (Wildman–Crippen MR) is 125 cm³/mol. The summed E-state index contributed by atoms with van der Waals surface area (Å²) in [6.45, 7) is 5.77. The van der Waals surface area contributed by atoms with E-state index in [4.69, 9.17) is 14.2 Å². The number of piperidine rings is 1. The van der Waals surface area contributed by atoms with Gasteiger partial charge in [0.05, 0.1) is 19.8 Å². The zero-order chi connectivity index (χ0) is 21.9. The molecule has 2 fully saturated rings. The summed E-state index contributed by atoms with van der Waals surface area (Å²) in [4.78, 5) is 6.90. The van der Waals surface area contributed by atoms with E-state index in [1.54, 1.807) is 14.2 Å². The van der Waals surface area contributed by atoms with Gasteiger partial charge < -0.3 is 29.7 Å². The molecule has 2 aliphatic rings. The molecule has 0 amide bonds. The lowest BCUT2D eigenvalue weighted by atomic mass is 9.97. The summed E-state index contributed by atoms with van der Waals surface area (Å²) < 4.78 is 16.9. The van der Waals surface area contributed by atoms with E-state index in [0.29, 0.717) is 18.6 Å². The van der Waals surface area contributed by atoms with Gasteiger partial charge >= 0.3 is 0 Å². The summed E-state index contributed by atoms with van der Waals surface area (Å²) >= 11 is 0. The van der Waals surface area contributed by atoms with Crippen LogP contribution in [0, 0.1) is 5.92 Å². The first kappa shape index (κ1) is 23.7. The van der Waals surface area contributed by atoms with Gasteiger partial charge in [-0.15, -0.1) is 0 Å². The topological polar surface area (TPSA) is 67.4 Å². The zero-order valence-corrected chi connectivity index (χ0v) is 19.5. The number of guanidine groups is 1. The fourth-order valence-corrected chi connectivity index (χ4v) is 4.38. The first-order valence-corrected chi connectivity index (χ1v) is 11.7. The molecule has 7 nitrogen and oxygen atoms in total. The number of hydrogen-bond donors (Lipinski definition) is 2. The highest BCUT2D eigenvalue weighted by atomic mass is 16.5. The minimum absolute atomic E-state index is 0.318. The summed E-state index contributed by atoms with van der Waals surface area (Å²) in [6, 6.07) is 6.08. The number of methoxy groups -OCH3 is 2. The number of nitrogens with zero attached hydrogens (tertiary/aromatic N) is 2. The van der Waals surface area contributed by atoms with Crippen LogP contribution < -0.4 is 20.1 Å². The average molecular weight is 433 g/mol. The first-order chi connectivity index (χ1) is 15.2. The third-order valence-corrected chi connectivity index (χ3v) is 6.42. The molecular weight excluding hydrogens is 392 g/mol. The van der Waals surface area contributed by atoms with E-state index in [0.717, 1.165) is 68.6 Å². The number of likely N-dealkylation sites (tertiary alicyclic amines) is 1. The van der Waals surface area contributed by atoms with Crippen LogP contribution in [0.4, 0.5) is 0 Å². The van der Waals surface area contributed by atoms with Crippen LogP contribution in [0.25, 0.3) is 0 Å². The summed E-state index contributed by atoms with van der Waals surface area (Å²) in [5.41, 5.74) is 1.13. The maximum Gasteiger partial charge on any atom is 0.191 e. The van der Waals surface area contributed by atoms with E-state index < -0.39 is 0 Å². The summed E-state index contributed by atoms with van der Waals surface area (Å²) in [5, 5.41) is 6.97. The van der Waals surface area contributed by atoms with Crippen LogP contribution in [0.2, 0.25) is 0 Å². The Balaban J connectivity index is 1.47. The Kier molecular flexibility index (Phi) is 9.75. The molecular formula is C24H40N4O3. The normalized spacial score (nSPS) is 18.9. The van der Waals surface area contributed by atoms with E-state index in [1.165, 1.54) is 25.7 Å². The van der Waals surface area contributed by atoms with Crippen molar-refractivity contribution in [2.45, 2.75) is 51.2 Å². The molecule has 1 aliphatic heterocycles. The highest BCUT2D eigenvalue weighted by molar-refractivity contribution is 5.79. The Hall–Kier alpha value is -1.99. The molecule has 0 atom stereocenters. The van der Waals surface area contributed by atoms with Crippen LogP contribution in [0.5, 0.6) is 11.5 Å². The molecule has 1 aromatic rings. The van der Waals surface area contributed by atoms with Gasteiger partial charge in [-0.2, -0.15) is 0 Å². The molecule has 174 valence electrons. The number of rotatable bonds is 10. The number of ether oxygens (including phenoxy) is 3. The Morgan fingerprint density at radius 3 is 2.55 bits per heavy atom. The van der Waals surface area contributed by atoms with Crippen molar-refractivity contribution < 1.29 is 14.2 Å². The van der Waals surface area contributed by atoms with Crippen LogP contribution in [0.15, 0.2) is 23.2 Å². The molecule has 1 saturated carbocycles. The van der Waals surface area contributed by atoms with Crippen molar-refractivity contribution >= 4 is 5.96 Å². The van der Waals surface area contributed by atoms with Crippen molar-refractivity contribution in [3.63, 3.8) is 0 Å². The van der Waals surface area contributed by atoms with Gasteiger partial charge in [0.1, 0.15) is 11.5 Å². The molecule has 0 spiro atoms. The third kappa shape index (κ3) is 7.58. The molecule has 1 aliphatic carbocycles. The first-order valence-electron chi connectivity index (χ1n) is 11.7. The van der Waals surface area contributed by atoms with Gasteiger partial charge in [-0.3, -0.25) is 4.99 Å². The highest BCUT2D eigenvalue weighted by Crippen LogP contribution is 2.30. The van der Waals surface area contributed by atoms with Gasteiger partial charge in [-0.25, -0.2) is 0 Å². The van der Waals surface area contributed by atoms with Crippen molar-refractivity contribution in [3.05, 3.63) is 23.8 Å². The maximum atomic E-state index is 6.31. The SMILES string of the molecule is CN=C(NCc1ccc(OC)cc1OC1CCCC1)NCC1CCN(CCOC)CC1. The van der Waals surface area contributed by atoms with Crippen LogP contribution in [0.3, 0.4) is 0 Å². The second-order valence-corrected chi connectivity index (χ2v) is 8.58. The molecule has 0 unspecified atom stereocenters. The fraction of sp³-hybridized carbons (Fsp3) is 0.708. The fourth-order valence-electron chi connectivity index (χ4n) is 4.38. The standard InChI is InChI=1S/C24H40N4O3/c1-25-24(26-17-19-10-12-28(13-11-19)14-15-29-2)27-18-20-8-9-22(30-3)16-23(20)31-21-6-4-5-7-21/h8-9,16,19,21H,4-7,10-15,17-18H2,1-3H3,(H2,25,26,27). The van der Waals surface area contributed by atoms with E-state index in [-0.39, 0.29) is 0 Å². The van der Waals surface area contributed by atoms with Gasteiger partial charge in [0.15, 0.2) is 5.96 Å². The van der Waals surface area contributed by atoms with E-state index in [2.05, 4.69) is 26.6 Å². The van der Waals surface area contributed by atoms with Gasteiger partial charge in [0.2, 0.25) is 0 Å². The number of hydrogen-bond acceptors (Lipinski definition) is 5. The molecule has 1 heterocycles. The lowest BCUT2D eigenvalue weighted by Crippen LogP contribution is -2.43. The van der Waals surface area contributed by atoms with Gasteiger partial charge in [-0.05, 0) is 69.7 Å². The van der Waals surface area contributed by atoms with Crippen LogP contribution in [-0.2, 0) is 11.3 Å². The quantitative estimate of drug-likeness (QED) is 0.438. The Bertz CT molecular complexity index is 683. The van der Waals surface area contributed by atoms with E-state index in [1.807, 2.05) is 19.2 Å². The number of nitrogens with one attached hydrogen (secondary N) is 2. The van der Waals surface area contributed by atoms with Crippen molar-refractivity contribution in [1.29, 1.82) is 0 Å². The number of aliphatic imine (C=N–C) groups is 1. The Morgan fingerprint density at radius 2 is 1.87 bits per heavy atom. The zero-order valence-electron chi connectivity index (χ0n) is 19.5. The van der Waals surface area contributed by atoms with Gasteiger partial charge in [0.25, 0.3) is 0 Å². The Labute approximate surface area is 187 Å². The maximum absolute atomic E-state index is 6.31. The van der Waals surface area contributed by atoms with Crippen LogP contribution in [-0.4, -0.2) is 71.0 Å². The van der Waals surface area contributed by atoms with Crippen LogP contribution >= 0.6 is 0 Å². The van der Waals surface area contributed by atoms with E-state index in [9.17, 15) is 0 Å². The number of benzene rings is 1. The van der Waals surface area contributed by atoms with Gasteiger partial charge in [-0.1, -0.05) is 0 Å². The smallest absolute Gasteiger partial charge is 0.191 e. The third-order valence-electron chi connectivity index (χ3n) is 6.42. The van der Waals surface area contributed by atoms with Crippen molar-refractivity contribution in [1.82, 2.24) is 15.5 Å². The highest BCUT2D eigenvalue weighted by Gasteiger charge is 2.20. The lowest BCUT2D eigenvalue weighted by molar-refractivity contribution is 0.121. The summed E-state index contributed by atoms with van der Waals surface area (Å²) in [6.07, 6.45) is 7.53. The molecule has 31 heavy (non-hydrogen) atoms. The molecule has 0 bridgehead atoms. The summed E-state index contributed by atoms with van der Waals surface area (Å²) in [7, 11) is 5.29. The Morgan fingerprint density at radius 1 is 1.10 bits per heavy atom. The monoisotopic (exact) mass is 432 g/mol. The van der Waals surface area contributed by atoms with E-state index >= 15 is 0 Å². The van der Waals surface area contributed by atoms with Gasteiger partial charge in [0, 0.05) is 45.4 Å². The second kappa shape index (κ2) is 12.8. The molecule has 0 aromatic heterocycles. The van der Waals surface area contributed by atoms with Crippen LogP contribution in [0.1, 0.15) is 44.1 Å². The minimum Gasteiger partial charge on any atom is -0.497 e. The van der Waals surface area contributed by atoms with Crippen molar-refractivity contribution in [2.75, 3.05) is 54.1 Å². The summed E-state index contributed by atoms with van der Waals surface area (Å²) in [5.74, 6) is 3.26. The molecule has 3 rings (SSSR count).